The smallest absolute Gasteiger partial charge is 0.239 e. The molecule has 1 aliphatic rings. The molecule has 0 saturated carbocycles. The quantitative estimate of drug-likeness (QED) is 0.836. The first-order chi connectivity index (χ1) is 10.7. The number of benzene rings is 1. The Morgan fingerprint density at radius 1 is 1.41 bits per heavy atom. The van der Waals surface area contributed by atoms with E-state index >= 15 is 0 Å². The average Bonchev–Trinajstić information content (AvgIpc) is 2.54. The molecule has 2 N–H and O–H groups in total. The van der Waals surface area contributed by atoms with Crippen molar-refractivity contribution in [2.24, 2.45) is 0 Å². The van der Waals surface area contributed by atoms with Crippen molar-refractivity contribution < 1.29 is 9.18 Å². The van der Waals surface area contributed by atoms with Crippen LogP contribution in [-0.4, -0.2) is 49.7 Å². The molecule has 118 valence electrons. The highest BCUT2D eigenvalue weighted by molar-refractivity contribution is 5.81. The van der Waals surface area contributed by atoms with Crippen molar-refractivity contribution in [2.75, 3.05) is 38.2 Å². The highest BCUT2D eigenvalue weighted by Gasteiger charge is 2.20. The van der Waals surface area contributed by atoms with Crippen molar-refractivity contribution in [2.45, 2.75) is 18.9 Å². The molecular weight excluding hydrogens is 283 g/mol. The molecule has 1 amide bonds. The van der Waals surface area contributed by atoms with Gasteiger partial charge in [0.15, 0.2) is 0 Å². The van der Waals surface area contributed by atoms with Crippen molar-refractivity contribution in [3.05, 3.63) is 29.8 Å². The molecule has 1 aliphatic heterocycles. The number of hydrogen-bond donors (Lipinski definition) is 2. The van der Waals surface area contributed by atoms with Gasteiger partial charge >= 0.3 is 0 Å². The second kappa shape index (κ2) is 8.35. The van der Waals surface area contributed by atoms with E-state index in [1.807, 2.05) is 11.0 Å². The maximum absolute atomic E-state index is 12.4. The van der Waals surface area contributed by atoms with E-state index in [4.69, 9.17) is 5.26 Å². The highest BCUT2D eigenvalue weighted by Crippen LogP contribution is 2.10. The third-order valence-electron chi connectivity index (χ3n) is 3.74. The minimum Gasteiger partial charge on any atom is -0.376 e. The molecule has 6 heteroatoms. The van der Waals surface area contributed by atoms with Crippen LogP contribution in [-0.2, 0) is 4.79 Å². The number of carbonyl (C=O) groups is 1. The van der Waals surface area contributed by atoms with E-state index in [-0.39, 0.29) is 25.2 Å². The van der Waals surface area contributed by atoms with Crippen LogP contribution in [0.25, 0.3) is 0 Å². The minimum atomic E-state index is -0.346. The monoisotopic (exact) mass is 304 g/mol. The molecule has 0 aromatic heterocycles. The Morgan fingerprint density at radius 2 is 2.18 bits per heavy atom. The van der Waals surface area contributed by atoms with Crippen LogP contribution in [0.1, 0.15) is 18.4 Å². The number of amides is 1. The summed E-state index contributed by atoms with van der Waals surface area (Å²) in [7, 11) is 0. The van der Waals surface area contributed by atoms with Gasteiger partial charge < -0.3 is 10.6 Å². The minimum absolute atomic E-state index is 0.0727. The van der Waals surface area contributed by atoms with E-state index in [1.54, 1.807) is 24.3 Å². The van der Waals surface area contributed by atoms with E-state index in [2.05, 4.69) is 10.6 Å². The molecule has 1 atom stereocenters. The second-order valence-corrected chi connectivity index (χ2v) is 5.44. The third kappa shape index (κ3) is 5.01. The van der Waals surface area contributed by atoms with E-state index in [9.17, 15) is 9.18 Å². The molecular formula is C16H21FN4O. The number of carbonyl (C=O) groups excluding carboxylic acids is 1. The number of nitrogens with zero attached hydrogens (tertiary/aromatic N) is 2. The normalized spacial score (nSPS) is 18.5. The van der Waals surface area contributed by atoms with Crippen LogP contribution in [0.4, 0.5) is 10.1 Å². The van der Waals surface area contributed by atoms with Crippen molar-refractivity contribution in [1.82, 2.24) is 10.2 Å². The Bertz CT molecular complexity index is 524. The molecule has 22 heavy (non-hydrogen) atoms. The largest absolute Gasteiger partial charge is 0.376 e. The van der Waals surface area contributed by atoms with Gasteiger partial charge in [0.1, 0.15) is 6.67 Å². The summed E-state index contributed by atoms with van der Waals surface area (Å²) >= 11 is 0. The third-order valence-corrected chi connectivity index (χ3v) is 3.74. The van der Waals surface area contributed by atoms with E-state index in [0.717, 1.165) is 25.1 Å². The van der Waals surface area contributed by atoms with Gasteiger partial charge in [-0.05, 0) is 43.7 Å². The number of hydrogen-bond acceptors (Lipinski definition) is 4. The summed E-state index contributed by atoms with van der Waals surface area (Å²) in [6.45, 7) is 1.90. The summed E-state index contributed by atoms with van der Waals surface area (Å²) in [5, 5.41) is 14.7. The summed E-state index contributed by atoms with van der Waals surface area (Å²) in [6.07, 6.45) is 1.92. The molecule has 1 unspecified atom stereocenters. The Kier molecular flexibility index (Phi) is 6.16. The fourth-order valence-electron chi connectivity index (χ4n) is 2.62. The summed E-state index contributed by atoms with van der Waals surface area (Å²) in [6, 6.07) is 9.10. The standard InChI is InChI=1S/C16H21FN4O/c17-7-9-21-8-1-2-15(12-21)20-16(22)11-19-14-5-3-13(10-18)4-6-14/h3-6,15,19H,1-2,7-9,11-12H2,(H,20,22). The first kappa shape index (κ1) is 16.2. The predicted octanol–water partition coefficient (Wildman–Crippen LogP) is 1.52. The van der Waals surface area contributed by atoms with E-state index in [0.29, 0.717) is 18.7 Å². The molecule has 1 aromatic carbocycles. The predicted molar refractivity (Wildman–Crippen MR) is 83.2 cm³/mol. The topological polar surface area (TPSA) is 68.2 Å². The lowest BCUT2D eigenvalue weighted by Crippen LogP contribution is -2.49. The molecule has 5 nitrogen and oxygen atoms in total. The maximum atomic E-state index is 12.4. The van der Waals surface area contributed by atoms with E-state index in [1.165, 1.54) is 0 Å². The lowest BCUT2D eigenvalue weighted by atomic mass is 10.1. The number of alkyl halides is 1. The number of piperidine rings is 1. The zero-order valence-corrected chi connectivity index (χ0v) is 12.5. The lowest BCUT2D eigenvalue weighted by molar-refractivity contribution is -0.120. The molecule has 0 aliphatic carbocycles. The molecule has 2 rings (SSSR count). The molecule has 0 spiro atoms. The van der Waals surface area contributed by atoms with Crippen molar-refractivity contribution in [3.8, 4) is 6.07 Å². The van der Waals surface area contributed by atoms with Crippen LogP contribution in [0, 0.1) is 11.3 Å². The number of halogens is 1. The van der Waals surface area contributed by atoms with Gasteiger partial charge in [-0.25, -0.2) is 4.39 Å². The Balaban J connectivity index is 1.74. The van der Waals surface area contributed by atoms with E-state index < -0.39 is 0 Å². The van der Waals surface area contributed by atoms with Gasteiger partial charge in [0.25, 0.3) is 0 Å². The Labute approximate surface area is 130 Å². The van der Waals surface area contributed by atoms with Gasteiger partial charge in [-0.3, -0.25) is 9.69 Å². The van der Waals surface area contributed by atoms with Crippen LogP contribution < -0.4 is 10.6 Å². The Morgan fingerprint density at radius 3 is 2.86 bits per heavy atom. The Hall–Kier alpha value is -2.13. The molecule has 0 radical (unpaired) electrons. The van der Waals surface area contributed by atoms with Crippen LogP contribution in [0.3, 0.4) is 0 Å². The summed E-state index contributed by atoms with van der Waals surface area (Å²) in [4.78, 5) is 14.0. The first-order valence-electron chi connectivity index (χ1n) is 7.53. The van der Waals surface area contributed by atoms with Crippen molar-refractivity contribution >= 4 is 11.6 Å². The zero-order chi connectivity index (χ0) is 15.8. The van der Waals surface area contributed by atoms with Crippen molar-refractivity contribution in [3.63, 3.8) is 0 Å². The molecule has 0 bridgehead atoms. The number of rotatable bonds is 6. The molecule has 1 heterocycles. The van der Waals surface area contributed by atoms with Gasteiger partial charge in [0.05, 0.1) is 18.2 Å². The highest BCUT2D eigenvalue weighted by atomic mass is 19.1. The first-order valence-corrected chi connectivity index (χ1v) is 7.53. The number of nitriles is 1. The van der Waals surface area contributed by atoms with Crippen LogP contribution >= 0.6 is 0 Å². The fourth-order valence-corrected chi connectivity index (χ4v) is 2.62. The fraction of sp³-hybridized carbons (Fsp3) is 0.500. The summed E-state index contributed by atoms with van der Waals surface area (Å²) in [5.74, 6) is -0.0727. The zero-order valence-electron chi connectivity index (χ0n) is 12.5. The van der Waals surface area contributed by atoms with Crippen LogP contribution in [0.2, 0.25) is 0 Å². The summed E-state index contributed by atoms with van der Waals surface area (Å²) < 4.78 is 12.4. The molecule has 1 saturated heterocycles. The van der Waals surface area contributed by atoms with Crippen LogP contribution in [0.15, 0.2) is 24.3 Å². The SMILES string of the molecule is N#Cc1ccc(NCC(=O)NC2CCCN(CCF)C2)cc1. The maximum Gasteiger partial charge on any atom is 0.239 e. The number of anilines is 1. The lowest BCUT2D eigenvalue weighted by Gasteiger charge is -2.32. The van der Waals surface area contributed by atoms with Crippen LogP contribution in [0.5, 0.6) is 0 Å². The summed E-state index contributed by atoms with van der Waals surface area (Å²) in [5.41, 5.74) is 1.39. The average molecular weight is 304 g/mol. The van der Waals surface area contributed by atoms with Gasteiger partial charge in [-0.15, -0.1) is 0 Å². The van der Waals surface area contributed by atoms with Gasteiger partial charge in [-0.2, -0.15) is 5.26 Å². The molecule has 1 fully saturated rings. The molecule has 1 aromatic rings. The van der Waals surface area contributed by atoms with Gasteiger partial charge in [0.2, 0.25) is 5.91 Å². The number of likely N-dealkylation sites (tertiary alicyclic amines) is 1. The van der Waals surface area contributed by atoms with Gasteiger partial charge in [0, 0.05) is 24.8 Å². The second-order valence-electron chi connectivity index (χ2n) is 5.44. The van der Waals surface area contributed by atoms with Crippen molar-refractivity contribution in [1.29, 1.82) is 5.26 Å². The number of nitrogens with one attached hydrogen (secondary N) is 2. The van der Waals surface area contributed by atoms with Gasteiger partial charge in [-0.1, -0.05) is 0 Å².